The van der Waals surface area contributed by atoms with Gasteiger partial charge in [0, 0.05) is 33.7 Å². The molecule has 5 rings (SSSR count). The zero-order valence-corrected chi connectivity index (χ0v) is 22.7. The van der Waals surface area contributed by atoms with Crippen molar-refractivity contribution in [2.45, 2.75) is 13.0 Å². The van der Waals surface area contributed by atoms with E-state index in [0.29, 0.717) is 51.6 Å². The number of carbonyl (C=O) groups is 1. The molecule has 0 saturated heterocycles. The van der Waals surface area contributed by atoms with Crippen molar-refractivity contribution in [2.75, 3.05) is 6.54 Å². The number of rotatable bonds is 8. The summed E-state index contributed by atoms with van der Waals surface area (Å²) >= 11 is 18.5. The maximum atomic E-state index is 14.0. The molecule has 0 aliphatic carbocycles. The Balaban J connectivity index is 1.43. The molecule has 0 aromatic heterocycles. The topological polar surface area (TPSA) is 29.5 Å². The van der Waals surface area contributed by atoms with Gasteiger partial charge < -0.3 is 9.64 Å². The first-order chi connectivity index (χ1) is 18.5. The van der Waals surface area contributed by atoms with Crippen LogP contribution >= 0.6 is 34.8 Å². The summed E-state index contributed by atoms with van der Waals surface area (Å²) in [6, 6.07) is 34.2. The molecule has 0 fully saturated rings. The van der Waals surface area contributed by atoms with Crippen LogP contribution in [-0.4, -0.2) is 17.4 Å². The monoisotopic (exact) mass is 559 g/mol. The molecule has 0 heterocycles. The minimum Gasteiger partial charge on any atom is -0.457 e. The Labute approximate surface area is 237 Å². The van der Waals surface area contributed by atoms with E-state index in [4.69, 9.17) is 39.5 Å². The molecule has 0 aliphatic heterocycles. The Hall–Kier alpha value is -3.50. The first kappa shape index (κ1) is 26.1. The van der Waals surface area contributed by atoms with Crippen LogP contribution in [0.3, 0.4) is 0 Å². The molecule has 0 bridgehead atoms. The molecule has 0 N–H and O–H groups in total. The Morgan fingerprint density at radius 1 is 0.711 bits per heavy atom. The summed E-state index contributed by atoms with van der Waals surface area (Å²) in [5, 5.41) is 3.77. The van der Waals surface area contributed by atoms with E-state index in [1.165, 1.54) is 0 Å². The summed E-state index contributed by atoms with van der Waals surface area (Å²) < 4.78 is 6.02. The van der Waals surface area contributed by atoms with Crippen LogP contribution < -0.4 is 4.74 Å². The van der Waals surface area contributed by atoms with Crippen LogP contribution in [0.4, 0.5) is 0 Å². The minimum atomic E-state index is -0.0455. The van der Waals surface area contributed by atoms with Gasteiger partial charge in [-0.05, 0) is 82.9 Å². The lowest BCUT2D eigenvalue weighted by Crippen LogP contribution is -2.32. The summed E-state index contributed by atoms with van der Waals surface area (Å²) in [4.78, 5) is 15.8. The smallest absolute Gasteiger partial charge is 0.254 e. The average Bonchev–Trinajstić information content (AvgIpc) is 2.92. The van der Waals surface area contributed by atoms with Crippen LogP contribution in [0.25, 0.3) is 10.8 Å². The van der Waals surface area contributed by atoms with Gasteiger partial charge in [0.05, 0.1) is 0 Å². The molecule has 1 amide bonds. The summed E-state index contributed by atoms with van der Waals surface area (Å²) in [5.74, 6) is 1.33. The molecule has 190 valence electrons. The number of hydrogen-bond donors (Lipinski definition) is 0. The second-order valence-corrected chi connectivity index (χ2v) is 10.2. The van der Waals surface area contributed by atoms with Gasteiger partial charge in [-0.25, -0.2) is 0 Å². The first-order valence-corrected chi connectivity index (χ1v) is 13.3. The van der Waals surface area contributed by atoms with Crippen molar-refractivity contribution in [1.29, 1.82) is 0 Å². The number of carbonyl (C=O) groups excluding carboxylic acids is 1. The van der Waals surface area contributed by atoms with Gasteiger partial charge in [-0.1, -0.05) is 89.4 Å². The van der Waals surface area contributed by atoms with Gasteiger partial charge in [-0.15, -0.1) is 0 Å². The number of fused-ring (bicyclic) bond motifs is 1. The molecule has 38 heavy (non-hydrogen) atoms. The molecular formula is C32H24Cl3NO2. The summed E-state index contributed by atoms with van der Waals surface area (Å²) in [7, 11) is 0. The number of nitrogens with zero attached hydrogens (tertiary/aromatic N) is 1. The summed E-state index contributed by atoms with van der Waals surface area (Å²) in [6.07, 6.45) is 0.591. The van der Waals surface area contributed by atoms with Crippen molar-refractivity contribution in [3.63, 3.8) is 0 Å². The van der Waals surface area contributed by atoms with E-state index in [0.717, 1.165) is 21.9 Å². The van der Waals surface area contributed by atoms with Gasteiger partial charge in [-0.3, -0.25) is 4.79 Å². The van der Waals surface area contributed by atoms with E-state index in [1.54, 1.807) is 18.2 Å². The molecule has 5 aromatic rings. The van der Waals surface area contributed by atoms with E-state index in [1.807, 2.05) is 95.9 Å². The van der Waals surface area contributed by atoms with Gasteiger partial charge in [0.2, 0.25) is 0 Å². The maximum absolute atomic E-state index is 14.0. The predicted octanol–water partition coefficient (Wildman–Crippen LogP) is 9.48. The highest BCUT2D eigenvalue weighted by Crippen LogP contribution is 2.27. The first-order valence-electron chi connectivity index (χ1n) is 12.2. The van der Waals surface area contributed by atoms with Crippen LogP contribution in [0.1, 0.15) is 21.5 Å². The Bertz CT molecular complexity index is 1580. The van der Waals surface area contributed by atoms with Crippen molar-refractivity contribution in [2.24, 2.45) is 0 Å². The van der Waals surface area contributed by atoms with Crippen LogP contribution in [0, 0.1) is 0 Å². The van der Waals surface area contributed by atoms with Crippen molar-refractivity contribution in [1.82, 2.24) is 4.90 Å². The molecule has 0 unspecified atom stereocenters. The quantitative estimate of drug-likeness (QED) is 0.189. The third-order valence-electron chi connectivity index (χ3n) is 6.29. The highest BCUT2D eigenvalue weighted by molar-refractivity contribution is 6.35. The molecule has 0 spiro atoms. The lowest BCUT2D eigenvalue weighted by Gasteiger charge is -2.24. The molecule has 0 atom stereocenters. The maximum Gasteiger partial charge on any atom is 0.254 e. The molecule has 0 radical (unpaired) electrons. The van der Waals surface area contributed by atoms with Crippen LogP contribution in [0.2, 0.25) is 15.1 Å². The molecular weight excluding hydrogens is 537 g/mol. The Morgan fingerprint density at radius 2 is 1.45 bits per heavy atom. The molecule has 0 aliphatic rings. The third kappa shape index (κ3) is 6.31. The van der Waals surface area contributed by atoms with Gasteiger partial charge in [-0.2, -0.15) is 0 Å². The zero-order chi connectivity index (χ0) is 26.5. The van der Waals surface area contributed by atoms with Gasteiger partial charge in [0.15, 0.2) is 0 Å². The normalized spacial score (nSPS) is 10.9. The second-order valence-electron chi connectivity index (χ2n) is 8.94. The zero-order valence-electron chi connectivity index (χ0n) is 20.4. The van der Waals surface area contributed by atoms with E-state index in [9.17, 15) is 4.79 Å². The van der Waals surface area contributed by atoms with Crippen LogP contribution in [0.5, 0.6) is 11.5 Å². The summed E-state index contributed by atoms with van der Waals surface area (Å²) in [6.45, 7) is 0.886. The third-order valence-corrected chi connectivity index (χ3v) is 7.13. The van der Waals surface area contributed by atoms with E-state index in [-0.39, 0.29) is 5.91 Å². The number of benzene rings is 5. The lowest BCUT2D eigenvalue weighted by atomic mass is 10.0. The van der Waals surface area contributed by atoms with E-state index >= 15 is 0 Å². The number of amides is 1. The fourth-order valence-electron chi connectivity index (χ4n) is 4.38. The fourth-order valence-corrected chi connectivity index (χ4v) is 5.01. The van der Waals surface area contributed by atoms with E-state index < -0.39 is 0 Å². The van der Waals surface area contributed by atoms with Crippen molar-refractivity contribution in [3.05, 3.63) is 141 Å². The second kappa shape index (κ2) is 11.9. The van der Waals surface area contributed by atoms with Crippen molar-refractivity contribution >= 4 is 51.5 Å². The largest absolute Gasteiger partial charge is 0.457 e. The highest BCUT2D eigenvalue weighted by Gasteiger charge is 2.19. The number of ether oxygens (including phenoxy) is 1. The lowest BCUT2D eigenvalue weighted by molar-refractivity contribution is 0.0747. The van der Waals surface area contributed by atoms with Gasteiger partial charge >= 0.3 is 0 Å². The van der Waals surface area contributed by atoms with Crippen molar-refractivity contribution < 1.29 is 9.53 Å². The summed E-state index contributed by atoms with van der Waals surface area (Å²) in [5.41, 5.74) is 2.55. The Morgan fingerprint density at radius 3 is 2.26 bits per heavy atom. The number of halogens is 3. The molecule has 0 saturated carbocycles. The average molecular weight is 561 g/mol. The molecule has 6 heteroatoms. The van der Waals surface area contributed by atoms with E-state index in [2.05, 4.69) is 0 Å². The fraction of sp³-hybridized carbons (Fsp3) is 0.0938. The van der Waals surface area contributed by atoms with Crippen LogP contribution in [0.15, 0.2) is 109 Å². The molecule has 5 aromatic carbocycles. The van der Waals surface area contributed by atoms with Crippen LogP contribution in [-0.2, 0) is 13.0 Å². The Kier molecular flexibility index (Phi) is 8.19. The predicted molar refractivity (Wildman–Crippen MR) is 157 cm³/mol. The van der Waals surface area contributed by atoms with Gasteiger partial charge in [0.1, 0.15) is 11.5 Å². The van der Waals surface area contributed by atoms with Crippen molar-refractivity contribution in [3.8, 4) is 11.5 Å². The highest BCUT2D eigenvalue weighted by atomic mass is 35.5. The minimum absolute atomic E-state index is 0.0455. The molecule has 3 nitrogen and oxygen atoms in total. The standard InChI is InChI=1S/C32H24Cl3NO2/c33-25-13-15-27(16-14-25)38-28-8-3-5-22(19-28)21-36(18-17-24-11-12-26(34)20-31(24)35)32(37)30-10-4-7-23-6-1-2-9-29(23)30/h1-16,19-20H,17-18,21H2. The number of hydrogen-bond acceptors (Lipinski definition) is 2. The SMILES string of the molecule is O=C(c1cccc2ccccc12)N(CCc1ccc(Cl)cc1Cl)Cc1cccc(Oc2ccc(Cl)cc2)c1. The van der Waals surface area contributed by atoms with Gasteiger partial charge in [0.25, 0.3) is 5.91 Å².